The lowest BCUT2D eigenvalue weighted by Gasteiger charge is -2.55. The summed E-state index contributed by atoms with van der Waals surface area (Å²) < 4.78 is 5.60. The van der Waals surface area contributed by atoms with Gasteiger partial charge >= 0.3 is 0 Å². The van der Waals surface area contributed by atoms with E-state index in [0.29, 0.717) is 32.7 Å². The minimum absolute atomic E-state index is 0.0125. The van der Waals surface area contributed by atoms with Crippen molar-refractivity contribution in [1.82, 2.24) is 10.4 Å². The summed E-state index contributed by atoms with van der Waals surface area (Å²) >= 11 is 6.60. The first kappa shape index (κ1) is 20.5. The molecular formula is C23H23N3O3S2. The molecule has 31 heavy (non-hydrogen) atoms. The fraction of sp³-hybridized carbons (Fsp3) is 0.478. The van der Waals surface area contributed by atoms with Gasteiger partial charge in [0.1, 0.15) is 11.8 Å². The Bertz CT molecular complexity index is 977. The molecule has 0 unspecified atom stereocenters. The van der Waals surface area contributed by atoms with Crippen LogP contribution in [0.25, 0.3) is 6.08 Å². The molecule has 4 saturated carbocycles. The van der Waals surface area contributed by atoms with E-state index in [1.165, 1.54) is 36.0 Å². The molecule has 0 radical (unpaired) electrons. The predicted octanol–water partition coefficient (Wildman–Crippen LogP) is 4.04. The third-order valence-corrected chi connectivity index (χ3v) is 8.31. The van der Waals surface area contributed by atoms with Crippen LogP contribution in [0.3, 0.4) is 0 Å². The Morgan fingerprint density at radius 1 is 1.23 bits per heavy atom. The third-order valence-electron chi connectivity index (χ3n) is 7.01. The number of hydrazine groups is 1. The van der Waals surface area contributed by atoms with Crippen LogP contribution in [-0.2, 0) is 9.59 Å². The number of nitrogens with zero attached hydrogens (tertiary/aromatic N) is 2. The standard InChI is InChI=1S/C23H23N3O3S2/c24-5-6-29-18-3-1-14(2-4-18)10-19-20(27)26(22(30)31-19)25-21(28)23-11-15-7-16(12-23)9-17(8-15)13-23/h1-4,10,15-17H,6-9,11-13H2,(H,25,28)/b19-10-. The maximum Gasteiger partial charge on any atom is 0.285 e. The summed E-state index contributed by atoms with van der Waals surface area (Å²) in [6, 6.07) is 9.05. The van der Waals surface area contributed by atoms with E-state index in [1.54, 1.807) is 18.2 Å². The quantitative estimate of drug-likeness (QED) is 0.535. The molecule has 1 aliphatic heterocycles. The molecule has 0 spiro atoms. The minimum Gasteiger partial charge on any atom is -0.479 e. The number of benzene rings is 1. The van der Waals surface area contributed by atoms with Gasteiger partial charge in [-0.2, -0.15) is 10.3 Å². The van der Waals surface area contributed by atoms with Gasteiger partial charge in [-0.1, -0.05) is 23.9 Å². The molecule has 6 nitrogen and oxygen atoms in total. The van der Waals surface area contributed by atoms with Crippen LogP contribution < -0.4 is 10.2 Å². The Balaban J connectivity index is 1.28. The summed E-state index contributed by atoms with van der Waals surface area (Å²) in [5, 5.41) is 9.83. The first-order valence-electron chi connectivity index (χ1n) is 10.6. The van der Waals surface area contributed by atoms with E-state index in [0.717, 1.165) is 24.8 Å². The van der Waals surface area contributed by atoms with Crippen molar-refractivity contribution in [3.05, 3.63) is 34.7 Å². The van der Waals surface area contributed by atoms with Gasteiger partial charge in [0.25, 0.3) is 5.91 Å². The van der Waals surface area contributed by atoms with Crippen molar-refractivity contribution in [1.29, 1.82) is 5.26 Å². The first-order chi connectivity index (χ1) is 15.0. The molecule has 5 aliphatic rings. The Morgan fingerprint density at radius 3 is 2.42 bits per heavy atom. The van der Waals surface area contributed by atoms with Gasteiger partial charge in [0.15, 0.2) is 10.9 Å². The number of ether oxygens (including phenoxy) is 1. The van der Waals surface area contributed by atoms with E-state index in [1.807, 2.05) is 18.2 Å². The molecule has 0 atom stereocenters. The molecule has 0 aromatic heterocycles. The Morgan fingerprint density at radius 2 is 1.84 bits per heavy atom. The van der Waals surface area contributed by atoms with Crippen molar-refractivity contribution in [2.24, 2.45) is 23.2 Å². The minimum atomic E-state index is -0.332. The second-order valence-corrected chi connectivity index (χ2v) is 10.8. The average molecular weight is 454 g/mol. The largest absolute Gasteiger partial charge is 0.479 e. The number of carbonyl (C=O) groups is 2. The Labute approximate surface area is 191 Å². The van der Waals surface area contributed by atoms with Crippen LogP contribution in [0.5, 0.6) is 5.75 Å². The van der Waals surface area contributed by atoms with Crippen LogP contribution in [0.15, 0.2) is 29.2 Å². The number of carbonyl (C=O) groups excluding carboxylic acids is 2. The van der Waals surface area contributed by atoms with Crippen LogP contribution in [0, 0.1) is 34.5 Å². The van der Waals surface area contributed by atoms with Gasteiger partial charge in [-0.15, -0.1) is 0 Å². The third kappa shape index (κ3) is 3.85. The molecule has 8 heteroatoms. The van der Waals surface area contributed by atoms with E-state index >= 15 is 0 Å². The van der Waals surface area contributed by atoms with Crippen molar-refractivity contribution < 1.29 is 14.3 Å². The molecule has 1 N–H and O–H groups in total. The van der Waals surface area contributed by atoms with Crippen molar-refractivity contribution >= 4 is 46.2 Å². The van der Waals surface area contributed by atoms with Gasteiger partial charge in [0, 0.05) is 0 Å². The summed E-state index contributed by atoms with van der Waals surface area (Å²) in [6.45, 7) is -0.0125. The molecule has 160 valence electrons. The maximum absolute atomic E-state index is 13.3. The Kier molecular flexibility index (Phi) is 5.27. The van der Waals surface area contributed by atoms with Crippen LogP contribution >= 0.6 is 24.0 Å². The molecule has 1 aromatic rings. The molecule has 1 saturated heterocycles. The Hall–Kier alpha value is -2.37. The van der Waals surface area contributed by atoms with Crippen LogP contribution in [0.1, 0.15) is 44.1 Å². The fourth-order valence-corrected chi connectivity index (χ4v) is 7.28. The van der Waals surface area contributed by atoms with Gasteiger partial charge in [0.2, 0.25) is 5.91 Å². The van der Waals surface area contributed by atoms with Crippen molar-refractivity contribution in [2.45, 2.75) is 38.5 Å². The summed E-state index contributed by atoms with van der Waals surface area (Å²) in [5.41, 5.74) is 3.36. The number of amides is 2. The molecule has 1 heterocycles. The maximum atomic E-state index is 13.3. The number of rotatable bonds is 5. The molecule has 2 amide bonds. The van der Waals surface area contributed by atoms with E-state index in [4.69, 9.17) is 22.2 Å². The van der Waals surface area contributed by atoms with Crippen LogP contribution in [0.4, 0.5) is 0 Å². The highest BCUT2D eigenvalue weighted by Gasteiger charge is 2.55. The van der Waals surface area contributed by atoms with Crippen molar-refractivity contribution in [2.75, 3.05) is 6.61 Å². The number of nitrogens with one attached hydrogen (secondary N) is 1. The zero-order valence-corrected chi connectivity index (χ0v) is 18.6. The van der Waals surface area contributed by atoms with E-state index in [9.17, 15) is 9.59 Å². The normalized spacial score (nSPS) is 32.4. The average Bonchev–Trinajstić information content (AvgIpc) is 2.99. The van der Waals surface area contributed by atoms with Crippen molar-refractivity contribution in [3.63, 3.8) is 0 Å². The highest BCUT2D eigenvalue weighted by Crippen LogP contribution is 2.60. The zero-order valence-electron chi connectivity index (χ0n) is 17.0. The number of hydrogen-bond donors (Lipinski definition) is 1. The monoisotopic (exact) mass is 453 g/mol. The van der Waals surface area contributed by atoms with Crippen molar-refractivity contribution in [3.8, 4) is 11.8 Å². The van der Waals surface area contributed by atoms with Crippen LogP contribution in [0.2, 0.25) is 0 Å². The smallest absolute Gasteiger partial charge is 0.285 e. The van der Waals surface area contributed by atoms with E-state index in [-0.39, 0.29) is 23.8 Å². The molecule has 1 aromatic carbocycles. The molecule has 4 bridgehead atoms. The number of thioether (sulfide) groups is 1. The summed E-state index contributed by atoms with van der Waals surface area (Å²) in [6.07, 6.45) is 8.36. The SMILES string of the molecule is N#CCOc1ccc(/C=C2\SC(=S)N(NC(=O)C34CC5CC(CC(C5)C3)C4)C2=O)cc1. The first-order valence-corrected chi connectivity index (χ1v) is 11.9. The van der Waals surface area contributed by atoms with Gasteiger partial charge < -0.3 is 4.74 Å². The number of hydrogen-bond acceptors (Lipinski definition) is 6. The second kappa shape index (κ2) is 7.95. The molecule has 6 rings (SSSR count). The van der Waals surface area contributed by atoms with Gasteiger partial charge in [-0.05, 0) is 92.3 Å². The lowest BCUT2D eigenvalue weighted by molar-refractivity contribution is -0.152. The predicted molar refractivity (Wildman–Crippen MR) is 121 cm³/mol. The molecule has 5 fully saturated rings. The van der Waals surface area contributed by atoms with Gasteiger partial charge in [0.05, 0.1) is 10.3 Å². The summed E-state index contributed by atoms with van der Waals surface area (Å²) in [5.74, 6) is 2.23. The number of thiocarbonyl (C=S) groups is 1. The lowest BCUT2D eigenvalue weighted by atomic mass is 9.49. The van der Waals surface area contributed by atoms with Gasteiger partial charge in [-0.25, -0.2) is 0 Å². The van der Waals surface area contributed by atoms with Gasteiger partial charge in [-0.3, -0.25) is 15.0 Å². The topological polar surface area (TPSA) is 82.4 Å². The lowest BCUT2D eigenvalue weighted by Crippen LogP contribution is -2.57. The number of nitriles is 1. The second-order valence-electron chi connectivity index (χ2n) is 9.17. The van der Waals surface area contributed by atoms with E-state index < -0.39 is 0 Å². The zero-order chi connectivity index (χ0) is 21.6. The highest BCUT2D eigenvalue weighted by molar-refractivity contribution is 8.26. The summed E-state index contributed by atoms with van der Waals surface area (Å²) in [7, 11) is 0. The van der Waals surface area contributed by atoms with Crippen LogP contribution in [-0.4, -0.2) is 27.8 Å². The molecule has 4 aliphatic carbocycles. The summed E-state index contributed by atoms with van der Waals surface area (Å²) in [4.78, 5) is 26.7. The fourth-order valence-electron chi connectivity index (χ4n) is 6.10. The highest BCUT2D eigenvalue weighted by atomic mass is 32.2. The molecular weight excluding hydrogens is 430 g/mol. The van der Waals surface area contributed by atoms with E-state index in [2.05, 4.69) is 5.43 Å².